The van der Waals surface area contributed by atoms with E-state index in [4.69, 9.17) is 4.74 Å². The number of benzene rings is 2. The second-order valence-electron chi connectivity index (χ2n) is 6.62. The van der Waals surface area contributed by atoms with Gasteiger partial charge in [0.2, 0.25) is 0 Å². The molecule has 0 unspecified atom stereocenters. The molecular weight excluding hydrogens is 326 g/mol. The monoisotopic (exact) mass is 352 g/mol. The van der Waals surface area contributed by atoms with E-state index in [1.165, 1.54) is 10.5 Å². The average molecular weight is 352 g/mol. The van der Waals surface area contributed by atoms with Crippen LogP contribution in [0.25, 0.3) is 0 Å². The maximum absolute atomic E-state index is 12.5. The van der Waals surface area contributed by atoms with E-state index >= 15 is 0 Å². The summed E-state index contributed by atoms with van der Waals surface area (Å²) in [6, 6.07) is 18.0. The molecule has 1 fully saturated rings. The Morgan fingerprint density at radius 3 is 2.42 bits per heavy atom. The average Bonchev–Trinajstić information content (AvgIpc) is 2.68. The molecule has 0 aromatic heterocycles. The predicted molar refractivity (Wildman–Crippen MR) is 102 cm³/mol. The maximum Gasteiger partial charge on any atom is 0.271 e. The van der Waals surface area contributed by atoms with Crippen molar-refractivity contribution in [2.24, 2.45) is 5.10 Å². The van der Waals surface area contributed by atoms with Gasteiger partial charge in [0.1, 0.15) is 13.1 Å². The first-order valence-corrected chi connectivity index (χ1v) is 9.04. The molecule has 136 valence electrons. The number of aryl methyl sites for hydroxylation is 1. The molecule has 5 heteroatoms. The SMILES string of the molecule is C/C(=N/NC(=O)c1ccccc1C)[C@H](c1ccccc1)[NH+]1CCOCC1. The molecule has 0 bridgehead atoms. The first-order chi connectivity index (χ1) is 12.7. The Bertz CT molecular complexity index is 768. The van der Waals surface area contributed by atoms with Crippen molar-refractivity contribution in [3.63, 3.8) is 0 Å². The number of nitrogens with zero attached hydrogens (tertiary/aromatic N) is 1. The zero-order chi connectivity index (χ0) is 18.4. The highest BCUT2D eigenvalue weighted by molar-refractivity contribution is 5.97. The van der Waals surface area contributed by atoms with Gasteiger partial charge in [-0.2, -0.15) is 5.10 Å². The Hall–Kier alpha value is -2.50. The van der Waals surface area contributed by atoms with E-state index in [-0.39, 0.29) is 11.9 Å². The fraction of sp³-hybridized carbons (Fsp3) is 0.333. The molecule has 0 aliphatic carbocycles. The number of hydrazone groups is 1. The summed E-state index contributed by atoms with van der Waals surface area (Å²) >= 11 is 0. The summed E-state index contributed by atoms with van der Waals surface area (Å²) in [5.41, 5.74) is 6.43. The standard InChI is InChI=1S/C21H25N3O2/c1-16-8-6-7-11-19(16)21(25)23-22-17(2)20(18-9-4-3-5-10-18)24-12-14-26-15-13-24/h3-11,20H,12-15H2,1-2H3,(H,23,25)/p+1/b22-17-/t20-/m1/s1. The number of nitrogens with one attached hydrogen (secondary N) is 2. The van der Waals surface area contributed by atoms with Crippen molar-refractivity contribution in [3.05, 3.63) is 71.3 Å². The van der Waals surface area contributed by atoms with Gasteiger partial charge in [-0.3, -0.25) is 4.79 Å². The van der Waals surface area contributed by atoms with E-state index in [1.54, 1.807) is 0 Å². The van der Waals surface area contributed by atoms with Crippen LogP contribution in [-0.2, 0) is 4.74 Å². The van der Waals surface area contributed by atoms with E-state index in [1.807, 2.05) is 56.3 Å². The van der Waals surface area contributed by atoms with E-state index in [9.17, 15) is 4.79 Å². The number of carbonyl (C=O) groups excluding carboxylic acids is 1. The number of carbonyl (C=O) groups is 1. The normalized spacial score (nSPS) is 16.9. The topological polar surface area (TPSA) is 55.1 Å². The van der Waals surface area contributed by atoms with Crippen LogP contribution in [0.15, 0.2) is 59.7 Å². The van der Waals surface area contributed by atoms with Gasteiger partial charge in [0.15, 0.2) is 6.04 Å². The van der Waals surface area contributed by atoms with E-state index in [2.05, 4.69) is 22.7 Å². The second kappa shape index (κ2) is 8.74. The predicted octanol–water partition coefficient (Wildman–Crippen LogP) is 1.76. The van der Waals surface area contributed by atoms with Crippen molar-refractivity contribution >= 4 is 11.6 Å². The summed E-state index contributed by atoms with van der Waals surface area (Å²) in [7, 11) is 0. The fourth-order valence-corrected chi connectivity index (χ4v) is 3.43. The lowest BCUT2D eigenvalue weighted by atomic mass is 10.0. The minimum atomic E-state index is -0.175. The third-order valence-electron chi connectivity index (χ3n) is 4.82. The molecule has 1 heterocycles. The third kappa shape index (κ3) is 4.36. The maximum atomic E-state index is 12.5. The highest BCUT2D eigenvalue weighted by Gasteiger charge is 2.29. The minimum absolute atomic E-state index is 0.109. The van der Waals surface area contributed by atoms with Crippen LogP contribution in [0.5, 0.6) is 0 Å². The Morgan fingerprint density at radius 2 is 1.73 bits per heavy atom. The highest BCUT2D eigenvalue weighted by atomic mass is 16.5. The van der Waals surface area contributed by atoms with Crippen LogP contribution in [0, 0.1) is 6.92 Å². The Kier molecular flexibility index (Phi) is 6.15. The van der Waals surface area contributed by atoms with Crippen LogP contribution in [0.2, 0.25) is 0 Å². The molecule has 0 saturated carbocycles. The molecule has 2 aromatic rings. The highest BCUT2D eigenvalue weighted by Crippen LogP contribution is 2.12. The first-order valence-electron chi connectivity index (χ1n) is 9.04. The fourth-order valence-electron chi connectivity index (χ4n) is 3.43. The van der Waals surface area contributed by atoms with Gasteiger partial charge in [-0.1, -0.05) is 48.5 Å². The number of ether oxygens (including phenoxy) is 1. The van der Waals surface area contributed by atoms with Gasteiger partial charge in [-0.05, 0) is 25.5 Å². The first kappa shape index (κ1) is 18.3. The lowest BCUT2D eigenvalue weighted by Gasteiger charge is -2.31. The summed E-state index contributed by atoms with van der Waals surface area (Å²) in [5, 5.41) is 4.45. The van der Waals surface area contributed by atoms with E-state index in [0.717, 1.165) is 37.6 Å². The van der Waals surface area contributed by atoms with Crippen molar-refractivity contribution in [2.75, 3.05) is 26.3 Å². The van der Waals surface area contributed by atoms with Gasteiger partial charge >= 0.3 is 0 Å². The summed E-state index contributed by atoms with van der Waals surface area (Å²) in [6.07, 6.45) is 0. The number of quaternary nitrogens is 1. The van der Waals surface area contributed by atoms with Crippen molar-refractivity contribution in [3.8, 4) is 0 Å². The molecule has 0 radical (unpaired) electrons. The third-order valence-corrected chi connectivity index (χ3v) is 4.82. The molecule has 26 heavy (non-hydrogen) atoms. The lowest BCUT2D eigenvalue weighted by Crippen LogP contribution is -3.15. The Labute approximate surface area is 154 Å². The van der Waals surface area contributed by atoms with Gasteiger partial charge in [-0.15, -0.1) is 0 Å². The molecule has 2 aromatic carbocycles. The summed E-state index contributed by atoms with van der Waals surface area (Å²) in [4.78, 5) is 13.9. The van der Waals surface area contributed by atoms with Gasteiger partial charge in [0, 0.05) is 11.1 Å². The Morgan fingerprint density at radius 1 is 1.08 bits per heavy atom. The number of hydrogen-bond donors (Lipinski definition) is 2. The molecule has 1 saturated heterocycles. The zero-order valence-corrected chi connectivity index (χ0v) is 15.4. The summed E-state index contributed by atoms with van der Waals surface area (Å²) in [5.74, 6) is -0.175. The zero-order valence-electron chi connectivity index (χ0n) is 15.4. The largest absolute Gasteiger partial charge is 0.370 e. The van der Waals surface area contributed by atoms with Crippen LogP contribution in [0.4, 0.5) is 0 Å². The van der Waals surface area contributed by atoms with Crippen molar-refractivity contribution < 1.29 is 14.4 Å². The van der Waals surface area contributed by atoms with Gasteiger partial charge in [0.05, 0.1) is 18.9 Å². The summed E-state index contributed by atoms with van der Waals surface area (Å²) < 4.78 is 5.50. The van der Waals surface area contributed by atoms with Gasteiger partial charge < -0.3 is 9.64 Å². The number of rotatable bonds is 5. The lowest BCUT2D eigenvalue weighted by molar-refractivity contribution is -0.928. The molecular formula is C21H26N3O2+. The molecule has 1 aliphatic heterocycles. The summed E-state index contributed by atoms with van der Waals surface area (Å²) in [6.45, 7) is 7.27. The molecule has 3 rings (SSSR count). The van der Waals surface area contributed by atoms with Crippen LogP contribution in [0.3, 0.4) is 0 Å². The molecule has 5 nitrogen and oxygen atoms in total. The number of hydrogen-bond acceptors (Lipinski definition) is 3. The van der Waals surface area contributed by atoms with Crippen LogP contribution in [0.1, 0.15) is 34.5 Å². The minimum Gasteiger partial charge on any atom is -0.370 e. The smallest absolute Gasteiger partial charge is 0.271 e. The number of amides is 1. The van der Waals surface area contributed by atoms with Crippen LogP contribution < -0.4 is 10.3 Å². The van der Waals surface area contributed by atoms with E-state index < -0.39 is 0 Å². The molecule has 1 atom stereocenters. The van der Waals surface area contributed by atoms with Crippen molar-refractivity contribution in [1.82, 2.24) is 5.43 Å². The van der Waals surface area contributed by atoms with Crippen molar-refractivity contribution in [1.29, 1.82) is 0 Å². The molecule has 1 amide bonds. The van der Waals surface area contributed by atoms with Crippen molar-refractivity contribution in [2.45, 2.75) is 19.9 Å². The van der Waals surface area contributed by atoms with E-state index in [0.29, 0.717) is 5.56 Å². The van der Waals surface area contributed by atoms with Gasteiger partial charge in [0.25, 0.3) is 5.91 Å². The van der Waals surface area contributed by atoms with Crippen LogP contribution >= 0.6 is 0 Å². The Balaban J connectivity index is 1.80. The molecule has 0 spiro atoms. The molecule has 1 aliphatic rings. The van der Waals surface area contributed by atoms with Gasteiger partial charge in [-0.25, -0.2) is 5.43 Å². The van der Waals surface area contributed by atoms with Crippen LogP contribution in [-0.4, -0.2) is 37.9 Å². The number of morpholine rings is 1. The quantitative estimate of drug-likeness (QED) is 0.636. The second-order valence-corrected chi connectivity index (χ2v) is 6.62. The molecule has 2 N–H and O–H groups in total.